The topological polar surface area (TPSA) is 76.2 Å². The Labute approximate surface area is 128 Å². The normalized spacial score (nSPS) is 16.6. The van der Waals surface area contributed by atoms with Gasteiger partial charge in [0.1, 0.15) is 12.7 Å². The highest BCUT2D eigenvalue weighted by molar-refractivity contribution is 5.41. The van der Waals surface area contributed by atoms with E-state index in [1.807, 2.05) is 38.1 Å². The van der Waals surface area contributed by atoms with Gasteiger partial charge in [0, 0.05) is 6.07 Å². The van der Waals surface area contributed by atoms with Gasteiger partial charge in [-0.1, -0.05) is 26.0 Å². The minimum atomic E-state index is -0.160. The zero-order chi connectivity index (χ0) is 15.5. The fourth-order valence-electron chi connectivity index (χ4n) is 2.23. The van der Waals surface area contributed by atoms with Crippen LogP contribution in [0, 0.1) is 0 Å². The number of aromatic nitrogens is 2. The van der Waals surface area contributed by atoms with Crippen LogP contribution in [0.1, 0.15) is 25.5 Å². The molecule has 2 aromatic rings. The molecular formula is C16H19N3O3. The van der Waals surface area contributed by atoms with E-state index < -0.39 is 0 Å². The summed E-state index contributed by atoms with van der Waals surface area (Å²) in [5, 5.41) is 3.11. The molecule has 1 aliphatic heterocycles. The summed E-state index contributed by atoms with van der Waals surface area (Å²) in [7, 11) is 0. The number of benzene rings is 1. The molecule has 1 aliphatic rings. The predicted molar refractivity (Wildman–Crippen MR) is 83.8 cm³/mol. The Bertz CT molecular complexity index is 712. The highest BCUT2D eigenvalue weighted by Gasteiger charge is 2.20. The minimum absolute atomic E-state index is 0.136. The number of ether oxygens (including phenoxy) is 2. The van der Waals surface area contributed by atoms with Crippen LogP contribution < -0.4 is 20.3 Å². The van der Waals surface area contributed by atoms with Crippen molar-refractivity contribution < 1.29 is 9.47 Å². The van der Waals surface area contributed by atoms with Gasteiger partial charge in [0.15, 0.2) is 11.5 Å². The SMILES string of the molecule is CC(C)c1cc(=O)[nH]c(NCC2COc3ccccc3O2)n1. The third-order valence-electron chi connectivity index (χ3n) is 3.42. The van der Waals surface area contributed by atoms with Crippen molar-refractivity contribution in [1.82, 2.24) is 9.97 Å². The first kappa shape index (κ1) is 14.4. The lowest BCUT2D eigenvalue weighted by atomic mass is 10.1. The van der Waals surface area contributed by atoms with E-state index in [4.69, 9.17) is 9.47 Å². The van der Waals surface area contributed by atoms with Crippen LogP contribution in [0.5, 0.6) is 11.5 Å². The number of para-hydroxylation sites is 2. The monoisotopic (exact) mass is 301 g/mol. The standard InChI is InChI=1S/C16H19N3O3/c1-10(2)12-7-15(20)19-16(18-12)17-8-11-9-21-13-5-3-4-6-14(13)22-11/h3-7,10-11H,8-9H2,1-2H3,(H2,17,18,19,20). The summed E-state index contributed by atoms with van der Waals surface area (Å²) < 4.78 is 11.5. The predicted octanol–water partition coefficient (Wildman–Crippen LogP) is 2.15. The molecule has 0 spiro atoms. The third-order valence-corrected chi connectivity index (χ3v) is 3.42. The Morgan fingerprint density at radius 3 is 2.91 bits per heavy atom. The van der Waals surface area contributed by atoms with E-state index in [0.717, 1.165) is 17.2 Å². The molecule has 116 valence electrons. The van der Waals surface area contributed by atoms with Gasteiger partial charge in [-0.3, -0.25) is 9.78 Å². The Kier molecular flexibility index (Phi) is 4.00. The van der Waals surface area contributed by atoms with E-state index in [2.05, 4.69) is 15.3 Å². The van der Waals surface area contributed by atoms with Gasteiger partial charge in [0.25, 0.3) is 5.56 Å². The van der Waals surface area contributed by atoms with Gasteiger partial charge in [0.05, 0.1) is 12.2 Å². The zero-order valence-corrected chi connectivity index (χ0v) is 12.6. The first-order chi connectivity index (χ1) is 10.6. The van der Waals surface area contributed by atoms with Crippen molar-refractivity contribution in [2.24, 2.45) is 0 Å². The highest BCUT2D eigenvalue weighted by atomic mass is 16.6. The number of nitrogens with zero attached hydrogens (tertiary/aromatic N) is 1. The number of H-pyrrole nitrogens is 1. The second-order valence-corrected chi connectivity index (χ2v) is 5.55. The molecule has 2 N–H and O–H groups in total. The lowest BCUT2D eigenvalue weighted by Gasteiger charge is -2.26. The lowest BCUT2D eigenvalue weighted by molar-refractivity contribution is 0.0996. The van der Waals surface area contributed by atoms with Crippen LogP contribution in [-0.4, -0.2) is 29.2 Å². The molecule has 0 fully saturated rings. The number of fused-ring (bicyclic) bond motifs is 1. The zero-order valence-electron chi connectivity index (χ0n) is 12.6. The summed E-state index contributed by atoms with van der Waals surface area (Å²) in [5.74, 6) is 2.15. The van der Waals surface area contributed by atoms with Gasteiger partial charge in [0.2, 0.25) is 5.95 Å². The maximum atomic E-state index is 11.6. The third kappa shape index (κ3) is 3.21. The van der Waals surface area contributed by atoms with Crippen molar-refractivity contribution in [3.63, 3.8) is 0 Å². The lowest BCUT2D eigenvalue weighted by Crippen LogP contribution is -2.35. The number of hydrogen-bond acceptors (Lipinski definition) is 5. The van der Waals surface area contributed by atoms with Gasteiger partial charge < -0.3 is 14.8 Å². The molecule has 6 heteroatoms. The summed E-state index contributed by atoms with van der Waals surface area (Å²) in [6.07, 6.45) is -0.136. The van der Waals surface area contributed by atoms with Crippen LogP contribution in [0.4, 0.5) is 5.95 Å². The van der Waals surface area contributed by atoms with Crippen molar-refractivity contribution in [1.29, 1.82) is 0 Å². The van der Waals surface area contributed by atoms with Crippen LogP contribution in [0.3, 0.4) is 0 Å². The van der Waals surface area contributed by atoms with E-state index in [1.54, 1.807) is 0 Å². The Morgan fingerprint density at radius 2 is 2.14 bits per heavy atom. The first-order valence-electron chi connectivity index (χ1n) is 7.35. The molecule has 6 nitrogen and oxygen atoms in total. The van der Waals surface area contributed by atoms with E-state index in [9.17, 15) is 4.79 Å². The van der Waals surface area contributed by atoms with Crippen molar-refractivity contribution in [2.75, 3.05) is 18.5 Å². The molecule has 1 atom stereocenters. The van der Waals surface area contributed by atoms with Crippen LogP contribution in [0.15, 0.2) is 35.1 Å². The van der Waals surface area contributed by atoms with Gasteiger partial charge in [-0.25, -0.2) is 4.98 Å². The molecule has 0 saturated carbocycles. The number of anilines is 1. The van der Waals surface area contributed by atoms with Gasteiger partial charge in [-0.2, -0.15) is 0 Å². The van der Waals surface area contributed by atoms with Gasteiger partial charge in [-0.05, 0) is 18.1 Å². The molecule has 22 heavy (non-hydrogen) atoms. The van der Waals surface area contributed by atoms with Crippen molar-refractivity contribution in [3.05, 3.63) is 46.4 Å². The number of hydrogen-bond donors (Lipinski definition) is 2. The van der Waals surface area contributed by atoms with Gasteiger partial charge in [-0.15, -0.1) is 0 Å². The van der Waals surface area contributed by atoms with E-state index in [0.29, 0.717) is 19.1 Å². The molecule has 1 unspecified atom stereocenters. The fraction of sp³-hybridized carbons (Fsp3) is 0.375. The van der Waals surface area contributed by atoms with Crippen LogP contribution in [-0.2, 0) is 0 Å². The maximum absolute atomic E-state index is 11.6. The van der Waals surface area contributed by atoms with Gasteiger partial charge >= 0.3 is 0 Å². The Balaban J connectivity index is 1.65. The Hall–Kier alpha value is -2.50. The van der Waals surface area contributed by atoms with Crippen molar-refractivity contribution in [3.8, 4) is 11.5 Å². The summed E-state index contributed by atoms with van der Waals surface area (Å²) in [5.41, 5.74) is 0.602. The van der Waals surface area contributed by atoms with E-state index >= 15 is 0 Å². The second kappa shape index (κ2) is 6.09. The summed E-state index contributed by atoms with van der Waals surface area (Å²) in [6.45, 7) is 4.96. The molecule has 1 aromatic heterocycles. The second-order valence-electron chi connectivity index (χ2n) is 5.55. The molecule has 0 bridgehead atoms. The highest BCUT2D eigenvalue weighted by Crippen LogP contribution is 2.30. The largest absolute Gasteiger partial charge is 0.486 e. The summed E-state index contributed by atoms with van der Waals surface area (Å²) in [4.78, 5) is 18.7. The number of aromatic amines is 1. The molecular weight excluding hydrogens is 282 g/mol. The first-order valence-corrected chi connectivity index (χ1v) is 7.35. The molecule has 2 heterocycles. The van der Waals surface area contributed by atoms with E-state index in [1.165, 1.54) is 6.07 Å². The number of nitrogens with one attached hydrogen (secondary N) is 2. The average molecular weight is 301 g/mol. The minimum Gasteiger partial charge on any atom is -0.486 e. The maximum Gasteiger partial charge on any atom is 0.252 e. The smallest absolute Gasteiger partial charge is 0.252 e. The average Bonchev–Trinajstić information content (AvgIpc) is 2.52. The van der Waals surface area contributed by atoms with Crippen LogP contribution in [0.2, 0.25) is 0 Å². The van der Waals surface area contributed by atoms with Crippen molar-refractivity contribution in [2.45, 2.75) is 25.9 Å². The molecule has 0 radical (unpaired) electrons. The Morgan fingerprint density at radius 1 is 1.36 bits per heavy atom. The molecule has 0 amide bonds. The van der Waals surface area contributed by atoms with E-state index in [-0.39, 0.29) is 17.6 Å². The molecule has 1 aromatic carbocycles. The van der Waals surface area contributed by atoms with Crippen molar-refractivity contribution >= 4 is 5.95 Å². The number of rotatable bonds is 4. The summed E-state index contributed by atoms with van der Waals surface area (Å²) >= 11 is 0. The van der Waals surface area contributed by atoms with Crippen LogP contribution >= 0.6 is 0 Å². The molecule has 3 rings (SSSR count). The fourth-order valence-corrected chi connectivity index (χ4v) is 2.23. The quantitative estimate of drug-likeness (QED) is 0.905. The summed E-state index contributed by atoms with van der Waals surface area (Å²) in [6, 6.07) is 9.09. The van der Waals surface area contributed by atoms with Crippen LogP contribution in [0.25, 0.3) is 0 Å². The molecule has 0 aliphatic carbocycles. The molecule has 0 saturated heterocycles.